The summed E-state index contributed by atoms with van der Waals surface area (Å²) in [6.45, 7) is 0. The molecule has 1 unspecified atom stereocenters. The molecule has 32 heavy (non-hydrogen) atoms. The van der Waals surface area contributed by atoms with Crippen molar-refractivity contribution < 1.29 is 23.9 Å². The Hall–Kier alpha value is -2.81. The summed E-state index contributed by atoms with van der Waals surface area (Å²) in [5.74, 6) is -0.742. The molecule has 2 aliphatic rings. The highest BCUT2D eigenvalue weighted by Crippen LogP contribution is 2.47. The van der Waals surface area contributed by atoms with Crippen molar-refractivity contribution in [3.63, 3.8) is 0 Å². The molecule has 166 valence electrons. The van der Waals surface area contributed by atoms with E-state index in [2.05, 4.69) is 5.32 Å². The molecule has 2 aliphatic heterocycles. The predicted octanol–water partition coefficient (Wildman–Crippen LogP) is 2.82. The van der Waals surface area contributed by atoms with Gasteiger partial charge in [0.05, 0.1) is 0 Å². The zero-order valence-corrected chi connectivity index (χ0v) is 18.8. The number of rotatable bonds is 8. The summed E-state index contributed by atoms with van der Waals surface area (Å²) in [4.78, 5) is 38.9. The van der Waals surface area contributed by atoms with Gasteiger partial charge in [-0.15, -0.1) is 23.4 Å². The predicted molar refractivity (Wildman–Crippen MR) is 121 cm³/mol. The number of esters is 1. The number of nitrogens with one attached hydrogen (secondary N) is 1. The van der Waals surface area contributed by atoms with E-state index in [1.807, 2.05) is 60.7 Å². The molecular weight excluding hydrogens is 452 g/mol. The number of benzene rings is 2. The van der Waals surface area contributed by atoms with Crippen molar-refractivity contribution in [2.75, 3.05) is 18.7 Å². The van der Waals surface area contributed by atoms with Gasteiger partial charge in [-0.25, -0.2) is 4.79 Å². The van der Waals surface area contributed by atoms with E-state index in [4.69, 9.17) is 21.1 Å². The standard InChI is InChI=1S/C23H21ClN2O5S/c1-30-23(25-14-27)21(29)26-18(17(12-24)13-32-22(23)26)20(28)31-19(15-8-4-2-5-9-15)16-10-6-3-7-11-16/h2-11,14,19,22H,12-13H2,1H3,(H,25,27)/t22-,23?/m1/s1. The minimum absolute atomic E-state index is 0.0658. The molecule has 2 aromatic rings. The van der Waals surface area contributed by atoms with Crippen LogP contribution in [0.1, 0.15) is 17.2 Å². The second kappa shape index (κ2) is 9.36. The van der Waals surface area contributed by atoms with Gasteiger partial charge in [0.2, 0.25) is 6.41 Å². The molecule has 1 fully saturated rings. The van der Waals surface area contributed by atoms with Crippen LogP contribution in [0.5, 0.6) is 0 Å². The number of ether oxygens (including phenoxy) is 2. The molecule has 2 atom stereocenters. The van der Waals surface area contributed by atoms with E-state index in [0.29, 0.717) is 17.7 Å². The van der Waals surface area contributed by atoms with E-state index < -0.39 is 29.1 Å². The highest BCUT2D eigenvalue weighted by molar-refractivity contribution is 8.00. The number of thioether (sulfide) groups is 1. The third-order valence-corrected chi connectivity index (χ3v) is 7.19. The van der Waals surface area contributed by atoms with Crippen LogP contribution in [0.2, 0.25) is 0 Å². The Morgan fingerprint density at radius 2 is 1.81 bits per heavy atom. The molecule has 0 bridgehead atoms. The fourth-order valence-electron chi connectivity index (χ4n) is 3.89. The van der Waals surface area contributed by atoms with E-state index in [-0.39, 0.29) is 11.6 Å². The van der Waals surface area contributed by atoms with Gasteiger partial charge in [-0.05, 0) is 16.7 Å². The van der Waals surface area contributed by atoms with Crippen LogP contribution in [0.4, 0.5) is 0 Å². The summed E-state index contributed by atoms with van der Waals surface area (Å²) in [5, 5.41) is 1.85. The summed E-state index contributed by atoms with van der Waals surface area (Å²) >= 11 is 7.48. The zero-order chi connectivity index (χ0) is 22.7. The minimum atomic E-state index is -1.52. The molecule has 9 heteroatoms. The fourth-order valence-corrected chi connectivity index (χ4v) is 5.68. The first-order valence-corrected chi connectivity index (χ1v) is 11.5. The Morgan fingerprint density at radius 3 is 2.31 bits per heavy atom. The molecule has 2 heterocycles. The number of halogens is 1. The van der Waals surface area contributed by atoms with Crippen LogP contribution < -0.4 is 5.32 Å². The summed E-state index contributed by atoms with van der Waals surface area (Å²) in [6.07, 6.45) is -0.252. The van der Waals surface area contributed by atoms with Crippen molar-refractivity contribution in [3.05, 3.63) is 83.1 Å². The van der Waals surface area contributed by atoms with Crippen LogP contribution >= 0.6 is 23.4 Å². The fraction of sp³-hybridized carbons (Fsp3) is 0.261. The number of nitrogens with zero attached hydrogens (tertiary/aromatic N) is 1. The lowest BCUT2D eigenvalue weighted by Crippen LogP contribution is -2.79. The van der Waals surface area contributed by atoms with Gasteiger partial charge < -0.3 is 14.8 Å². The van der Waals surface area contributed by atoms with Crippen molar-refractivity contribution in [1.29, 1.82) is 0 Å². The Bertz CT molecular complexity index is 1010. The quantitative estimate of drug-likeness (QED) is 0.209. The van der Waals surface area contributed by atoms with E-state index >= 15 is 0 Å². The lowest BCUT2D eigenvalue weighted by Gasteiger charge is -2.55. The summed E-state index contributed by atoms with van der Waals surface area (Å²) < 4.78 is 11.3. The summed E-state index contributed by atoms with van der Waals surface area (Å²) in [5.41, 5.74) is 0.762. The number of carbonyl (C=O) groups excluding carboxylic acids is 3. The van der Waals surface area contributed by atoms with Crippen LogP contribution in [0, 0.1) is 0 Å². The molecule has 2 aromatic carbocycles. The normalized spacial score (nSPS) is 22.3. The van der Waals surface area contributed by atoms with Gasteiger partial charge in [0.15, 0.2) is 6.10 Å². The van der Waals surface area contributed by atoms with Gasteiger partial charge in [-0.3, -0.25) is 14.5 Å². The first-order chi connectivity index (χ1) is 15.6. The van der Waals surface area contributed by atoms with Gasteiger partial charge in [0.25, 0.3) is 11.6 Å². The van der Waals surface area contributed by atoms with Gasteiger partial charge in [-0.2, -0.15) is 0 Å². The second-order valence-electron chi connectivity index (χ2n) is 7.23. The maximum absolute atomic E-state index is 13.4. The van der Waals surface area contributed by atoms with E-state index in [9.17, 15) is 14.4 Å². The number of β-lactam (4-membered cyclic amide) rings is 1. The van der Waals surface area contributed by atoms with E-state index in [1.54, 1.807) is 0 Å². The average Bonchev–Trinajstić information content (AvgIpc) is 2.85. The average molecular weight is 473 g/mol. The van der Waals surface area contributed by atoms with Crippen LogP contribution in [-0.2, 0) is 23.9 Å². The van der Waals surface area contributed by atoms with Crippen molar-refractivity contribution >= 4 is 41.6 Å². The second-order valence-corrected chi connectivity index (χ2v) is 8.57. The molecule has 0 radical (unpaired) electrons. The van der Waals surface area contributed by atoms with E-state index in [0.717, 1.165) is 11.1 Å². The molecule has 7 nitrogen and oxygen atoms in total. The van der Waals surface area contributed by atoms with Crippen molar-refractivity contribution in [3.8, 4) is 0 Å². The van der Waals surface area contributed by atoms with Crippen LogP contribution in [0.25, 0.3) is 0 Å². The Balaban J connectivity index is 1.68. The van der Waals surface area contributed by atoms with Crippen LogP contribution in [0.3, 0.4) is 0 Å². The lowest BCUT2D eigenvalue weighted by atomic mass is 9.98. The highest BCUT2D eigenvalue weighted by atomic mass is 35.5. The Labute approximate surface area is 194 Å². The maximum Gasteiger partial charge on any atom is 0.356 e. The molecule has 0 saturated carbocycles. The molecule has 1 saturated heterocycles. The number of amides is 2. The molecule has 0 aliphatic carbocycles. The first-order valence-electron chi connectivity index (χ1n) is 9.88. The summed E-state index contributed by atoms with van der Waals surface area (Å²) in [7, 11) is 1.34. The minimum Gasteiger partial charge on any atom is -0.448 e. The third-order valence-electron chi connectivity index (χ3n) is 5.49. The number of methoxy groups -OCH3 is 1. The SMILES string of the molecule is COC1(NC=O)C(=O)N2C(C(=O)OC(c3ccccc3)c3ccccc3)=C(CCl)CS[C@@H]21. The first kappa shape index (κ1) is 22.4. The molecule has 0 aromatic heterocycles. The van der Waals surface area contributed by atoms with Gasteiger partial charge in [0.1, 0.15) is 11.1 Å². The van der Waals surface area contributed by atoms with Crippen molar-refractivity contribution in [1.82, 2.24) is 10.2 Å². The number of hydrogen-bond donors (Lipinski definition) is 1. The smallest absolute Gasteiger partial charge is 0.356 e. The highest BCUT2D eigenvalue weighted by Gasteiger charge is 2.66. The topological polar surface area (TPSA) is 84.9 Å². The lowest BCUT2D eigenvalue weighted by molar-refractivity contribution is -0.191. The van der Waals surface area contributed by atoms with Gasteiger partial charge in [-0.1, -0.05) is 60.7 Å². The van der Waals surface area contributed by atoms with Crippen LogP contribution in [-0.4, -0.2) is 53.0 Å². The molecule has 1 N–H and O–H groups in total. The van der Waals surface area contributed by atoms with E-state index in [1.165, 1.54) is 23.8 Å². The molecule has 4 rings (SSSR count). The zero-order valence-electron chi connectivity index (χ0n) is 17.2. The maximum atomic E-state index is 13.4. The monoisotopic (exact) mass is 472 g/mol. The number of alkyl halides is 1. The van der Waals surface area contributed by atoms with Gasteiger partial charge >= 0.3 is 5.97 Å². The largest absolute Gasteiger partial charge is 0.448 e. The van der Waals surface area contributed by atoms with Gasteiger partial charge in [0, 0.05) is 18.7 Å². The van der Waals surface area contributed by atoms with Crippen LogP contribution in [0.15, 0.2) is 71.9 Å². The third kappa shape index (κ3) is 3.68. The number of hydrogen-bond acceptors (Lipinski definition) is 6. The molecule has 0 spiro atoms. The molecule has 2 amide bonds. The van der Waals surface area contributed by atoms with Crippen molar-refractivity contribution in [2.24, 2.45) is 0 Å². The Morgan fingerprint density at radius 1 is 1.22 bits per heavy atom. The number of carbonyl (C=O) groups is 3. The number of fused-ring (bicyclic) bond motifs is 1. The summed E-state index contributed by atoms with van der Waals surface area (Å²) in [6, 6.07) is 18.7. The molecular formula is C23H21ClN2O5S. The Kier molecular flexibility index (Phi) is 6.55. The van der Waals surface area contributed by atoms with Crippen molar-refractivity contribution in [2.45, 2.75) is 17.2 Å².